The molecule has 1 fully saturated rings. The third-order valence-electron chi connectivity index (χ3n) is 5.12. The quantitative estimate of drug-likeness (QED) is 0.731. The van der Waals surface area contributed by atoms with Crippen molar-refractivity contribution in [2.45, 2.75) is 31.9 Å². The lowest BCUT2D eigenvalue weighted by Gasteiger charge is -2.40. The van der Waals surface area contributed by atoms with E-state index in [2.05, 4.69) is 9.97 Å². The van der Waals surface area contributed by atoms with E-state index in [1.54, 1.807) is 37.3 Å². The Hall–Kier alpha value is -2.91. The summed E-state index contributed by atoms with van der Waals surface area (Å²) in [6, 6.07) is 6.51. The molecule has 0 aliphatic carbocycles. The lowest BCUT2D eigenvalue weighted by Crippen LogP contribution is -2.49. The molecule has 1 aromatic carbocycles. The van der Waals surface area contributed by atoms with Crippen LogP contribution in [0.25, 0.3) is 0 Å². The maximum absolute atomic E-state index is 13.4. The molecule has 2 atom stereocenters. The molecule has 1 aliphatic heterocycles. The van der Waals surface area contributed by atoms with Gasteiger partial charge in [-0.25, -0.2) is 9.97 Å². The summed E-state index contributed by atoms with van der Waals surface area (Å²) in [5.74, 6) is 0.949. The molecular weight excluding hydrogens is 388 g/mol. The Balaban J connectivity index is 2.03. The third kappa shape index (κ3) is 4.31. The topological polar surface area (TPSA) is 120 Å². The van der Waals surface area contributed by atoms with Gasteiger partial charge in [0.1, 0.15) is 11.8 Å². The fourth-order valence-corrected chi connectivity index (χ4v) is 3.58. The average molecular weight is 416 g/mol. The minimum atomic E-state index is -0.593. The van der Waals surface area contributed by atoms with Gasteiger partial charge < -0.3 is 30.0 Å². The third-order valence-corrected chi connectivity index (χ3v) is 5.12. The summed E-state index contributed by atoms with van der Waals surface area (Å²) in [6.07, 6.45) is -0.593. The van der Waals surface area contributed by atoms with Crippen LogP contribution in [0.15, 0.2) is 24.3 Å². The molecule has 0 spiro atoms. The Morgan fingerprint density at radius 1 is 1.27 bits per heavy atom. The Bertz CT molecular complexity index is 905. The number of aliphatic hydroxyl groups excluding tert-OH is 1. The van der Waals surface area contributed by atoms with E-state index in [0.29, 0.717) is 30.3 Å². The van der Waals surface area contributed by atoms with Gasteiger partial charge >= 0.3 is 0 Å². The second-order valence-electron chi connectivity index (χ2n) is 7.34. The predicted molar refractivity (Wildman–Crippen MR) is 111 cm³/mol. The average Bonchev–Trinajstić information content (AvgIpc) is 2.76. The van der Waals surface area contributed by atoms with Crippen molar-refractivity contribution in [3.8, 4) is 11.5 Å². The van der Waals surface area contributed by atoms with Crippen molar-refractivity contribution in [3.05, 3.63) is 41.2 Å². The van der Waals surface area contributed by atoms with Gasteiger partial charge in [0, 0.05) is 12.2 Å². The van der Waals surface area contributed by atoms with E-state index in [0.717, 1.165) is 5.56 Å². The molecule has 9 nitrogen and oxygen atoms in total. The number of hydrogen-bond acceptors (Lipinski definition) is 8. The van der Waals surface area contributed by atoms with Crippen molar-refractivity contribution in [2.24, 2.45) is 0 Å². The first kappa shape index (κ1) is 21.8. The molecule has 9 heteroatoms. The van der Waals surface area contributed by atoms with Gasteiger partial charge in [0.25, 0.3) is 5.91 Å². The van der Waals surface area contributed by atoms with Crippen LogP contribution in [0.5, 0.6) is 11.5 Å². The zero-order valence-electron chi connectivity index (χ0n) is 17.7. The van der Waals surface area contributed by atoms with Crippen LogP contribution >= 0.6 is 0 Å². The van der Waals surface area contributed by atoms with E-state index in [-0.39, 0.29) is 30.1 Å². The molecule has 3 rings (SSSR count). The van der Waals surface area contributed by atoms with Crippen molar-refractivity contribution < 1.29 is 24.1 Å². The zero-order chi connectivity index (χ0) is 21.8. The van der Waals surface area contributed by atoms with Gasteiger partial charge in [-0.05, 0) is 29.7 Å². The van der Waals surface area contributed by atoms with Crippen molar-refractivity contribution in [3.63, 3.8) is 0 Å². The summed E-state index contributed by atoms with van der Waals surface area (Å²) in [4.78, 5) is 23.5. The zero-order valence-corrected chi connectivity index (χ0v) is 17.7. The second-order valence-corrected chi connectivity index (χ2v) is 7.34. The summed E-state index contributed by atoms with van der Waals surface area (Å²) in [5, 5.41) is 9.92. The Kier molecular flexibility index (Phi) is 6.73. The van der Waals surface area contributed by atoms with Gasteiger partial charge in [-0.3, -0.25) is 4.79 Å². The molecule has 1 aliphatic rings. The van der Waals surface area contributed by atoms with Crippen LogP contribution < -0.4 is 15.2 Å². The molecule has 2 heterocycles. The Labute approximate surface area is 175 Å². The normalized spacial score (nSPS) is 19.1. The second kappa shape index (κ2) is 9.27. The molecule has 162 valence electrons. The van der Waals surface area contributed by atoms with Crippen LogP contribution in [0.2, 0.25) is 0 Å². The molecule has 1 aromatic heterocycles. The summed E-state index contributed by atoms with van der Waals surface area (Å²) >= 11 is 0. The highest BCUT2D eigenvalue weighted by Crippen LogP contribution is 2.36. The van der Waals surface area contributed by atoms with E-state index < -0.39 is 12.1 Å². The SMILES string of the molecule is COc1ccc([C@@H]2[C@@H](CO)OCCN2C(=O)c2cc(C(C)C)nc(N)n2)cc1OC. The molecule has 0 radical (unpaired) electrons. The standard InChI is InChI=1S/C21H28N4O5/c1-12(2)14-10-15(24-21(22)23-14)20(27)25-7-8-30-18(11-26)19(25)13-5-6-16(28-3)17(9-13)29-4/h5-6,9-10,12,18-19,26H,7-8,11H2,1-4H3,(H2,22,23,24)/t18-,19-/m1/s1. The maximum atomic E-state index is 13.4. The first-order valence-corrected chi connectivity index (χ1v) is 9.79. The molecule has 0 unspecified atom stereocenters. The van der Waals surface area contributed by atoms with Crippen molar-refractivity contribution >= 4 is 11.9 Å². The number of nitrogen functional groups attached to an aromatic ring is 1. The summed E-state index contributed by atoms with van der Waals surface area (Å²) in [6.45, 7) is 4.34. The van der Waals surface area contributed by atoms with E-state index in [4.69, 9.17) is 19.9 Å². The number of aromatic nitrogens is 2. The van der Waals surface area contributed by atoms with Gasteiger partial charge in [0.2, 0.25) is 5.95 Å². The maximum Gasteiger partial charge on any atom is 0.273 e. The fraction of sp³-hybridized carbons (Fsp3) is 0.476. The number of nitrogens with two attached hydrogens (primary N) is 1. The molecule has 1 saturated heterocycles. The summed E-state index contributed by atoms with van der Waals surface area (Å²) in [7, 11) is 3.10. The number of ether oxygens (including phenoxy) is 3. The number of carbonyl (C=O) groups is 1. The van der Waals surface area contributed by atoms with Gasteiger partial charge in [-0.1, -0.05) is 19.9 Å². The number of amides is 1. The minimum absolute atomic E-state index is 0.0548. The summed E-state index contributed by atoms with van der Waals surface area (Å²) in [5.41, 5.74) is 7.51. The van der Waals surface area contributed by atoms with E-state index in [1.165, 1.54) is 0 Å². The number of methoxy groups -OCH3 is 2. The van der Waals surface area contributed by atoms with Gasteiger partial charge in [0.05, 0.1) is 33.5 Å². The highest BCUT2D eigenvalue weighted by Gasteiger charge is 2.37. The first-order valence-electron chi connectivity index (χ1n) is 9.79. The molecule has 1 amide bonds. The highest BCUT2D eigenvalue weighted by molar-refractivity contribution is 5.93. The van der Waals surface area contributed by atoms with Crippen LogP contribution in [0.1, 0.15) is 47.6 Å². The number of morpholine rings is 1. The molecule has 30 heavy (non-hydrogen) atoms. The fourth-order valence-electron chi connectivity index (χ4n) is 3.58. The lowest BCUT2D eigenvalue weighted by atomic mass is 9.97. The Morgan fingerprint density at radius 2 is 2.00 bits per heavy atom. The Morgan fingerprint density at radius 3 is 2.63 bits per heavy atom. The monoisotopic (exact) mass is 416 g/mol. The molecule has 2 aromatic rings. The largest absolute Gasteiger partial charge is 0.493 e. The number of aliphatic hydroxyl groups is 1. The highest BCUT2D eigenvalue weighted by atomic mass is 16.5. The first-order chi connectivity index (χ1) is 14.4. The smallest absolute Gasteiger partial charge is 0.273 e. The predicted octanol–water partition coefficient (Wildman–Crippen LogP) is 1.77. The van der Waals surface area contributed by atoms with Crippen LogP contribution in [-0.4, -0.2) is 66.0 Å². The van der Waals surface area contributed by atoms with E-state index >= 15 is 0 Å². The minimum Gasteiger partial charge on any atom is -0.493 e. The summed E-state index contributed by atoms with van der Waals surface area (Å²) < 4.78 is 16.5. The van der Waals surface area contributed by atoms with Crippen molar-refractivity contribution in [1.82, 2.24) is 14.9 Å². The number of nitrogens with zero attached hydrogens (tertiary/aromatic N) is 3. The molecule has 0 bridgehead atoms. The van der Waals surface area contributed by atoms with Crippen LogP contribution in [-0.2, 0) is 4.74 Å². The van der Waals surface area contributed by atoms with E-state index in [1.807, 2.05) is 19.9 Å². The van der Waals surface area contributed by atoms with Gasteiger partial charge in [-0.15, -0.1) is 0 Å². The number of anilines is 1. The van der Waals surface area contributed by atoms with Crippen LogP contribution in [0, 0.1) is 0 Å². The van der Waals surface area contributed by atoms with Crippen molar-refractivity contribution in [1.29, 1.82) is 0 Å². The number of hydrogen-bond donors (Lipinski definition) is 2. The molecule has 3 N–H and O–H groups in total. The number of rotatable bonds is 6. The molecule has 0 saturated carbocycles. The number of carbonyl (C=O) groups excluding carboxylic acids is 1. The van der Waals surface area contributed by atoms with Gasteiger partial charge in [-0.2, -0.15) is 0 Å². The van der Waals surface area contributed by atoms with Crippen LogP contribution in [0.4, 0.5) is 5.95 Å². The van der Waals surface area contributed by atoms with Gasteiger partial charge in [0.15, 0.2) is 11.5 Å². The van der Waals surface area contributed by atoms with Crippen LogP contribution in [0.3, 0.4) is 0 Å². The molecular formula is C21H28N4O5. The van der Waals surface area contributed by atoms with Crippen molar-refractivity contribution in [2.75, 3.05) is 39.7 Å². The number of benzene rings is 1. The van der Waals surface area contributed by atoms with E-state index in [9.17, 15) is 9.90 Å². The lowest BCUT2D eigenvalue weighted by molar-refractivity contribution is -0.0813.